The second kappa shape index (κ2) is 2.85. The van der Waals surface area contributed by atoms with E-state index in [2.05, 4.69) is 5.38 Å². The molecule has 1 aromatic rings. The monoisotopic (exact) mass is 164 g/mol. The summed E-state index contributed by atoms with van der Waals surface area (Å²) < 4.78 is 0. The number of carbonyl (C=O) groups excluding carboxylic acids is 1. The third-order valence-corrected chi connectivity index (χ3v) is 2.51. The van der Waals surface area contributed by atoms with Crippen LogP contribution < -0.4 is 0 Å². The van der Waals surface area contributed by atoms with E-state index in [1.165, 1.54) is 18.3 Å². The highest BCUT2D eigenvalue weighted by Crippen LogP contribution is 2.20. The van der Waals surface area contributed by atoms with Crippen molar-refractivity contribution in [3.8, 4) is 6.07 Å². The zero-order chi connectivity index (χ0) is 8.43. The number of rotatable bonds is 1. The minimum Gasteiger partial charge on any atom is -0.294 e. The highest BCUT2D eigenvalue weighted by atomic mass is 32.1. The Morgan fingerprint density at radius 2 is 2.36 bits per heavy atom. The summed E-state index contributed by atoms with van der Waals surface area (Å²) in [6.07, 6.45) is 0. The van der Waals surface area contributed by atoms with E-state index in [-0.39, 0.29) is 5.78 Å². The van der Waals surface area contributed by atoms with Crippen molar-refractivity contribution in [3.05, 3.63) is 21.4 Å². The van der Waals surface area contributed by atoms with Crippen LogP contribution in [0.4, 0.5) is 0 Å². The van der Waals surface area contributed by atoms with E-state index >= 15 is 0 Å². The van der Waals surface area contributed by atoms with Crippen LogP contribution in [0.2, 0.25) is 0 Å². The van der Waals surface area contributed by atoms with Gasteiger partial charge >= 0.3 is 0 Å². The summed E-state index contributed by atoms with van der Waals surface area (Å²) in [5.74, 6) is 0.00486. The molecule has 0 saturated carbocycles. The van der Waals surface area contributed by atoms with Crippen molar-refractivity contribution in [1.82, 2.24) is 0 Å². The topological polar surface area (TPSA) is 40.9 Å². The maximum Gasteiger partial charge on any atom is 0.170 e. The molecule has 3 heteroatoms. The number of ketones is 1. The molecule has 1 aromatic heterocycles. The quantitative estimate of drug-likeness (QED) is 0.595. The van der Waals surface area contributed by atoms with Gasteiger partial charge in [-0.25, -0.2) is 0 Å². The smallest absolute Gasteiger partial charge is 0.170 e. The maximum atomic E-state index is 10.9. The van der Waals surface area contributed by atoms with Crippen LogP contribution in [0.25, 0.3) is 0 Å². The van der Waals surface area contributed by atoms with Gasteiger partial charge in [-0.15, -0.1) is 11.3 Å². The fourth-order valence-electron chi connectivity index (χ4n) is 0.811. The molecule has 0 unspecified atom stereocenters. The van der Waals surface area contributed by atoms with E-state index in [1.54, 1.807) is 6.92 Å². The van der Waals surface area contributed by atoms with Gasteiger partial charge in [-0.1, -0.05) is 0 Å². The van der Waals surface area contributed by atoms with Gasteiger partial charge in [0.2, 0.25) is 0 Å². The van der Waals surface area contributed by atoms with Crippen molar-refractivity contribution in [2.45, 2.75) is 13.8 Å². The lowest BCUT2D eigenvalue weighted by Crippen LogP contribution is -1.90. The lowest BCUT2D eigenvalue weighted by atomic mass is 10.1. The van der Waals surface area contributed by atoms with Gasteiger partial charge in [-0.3, -0.25) is 4.79 Å². The summed E-state index contributed by atoms with van der Waals surface area (Å²) in [5, 5.41) is 11.3. The van der Waals surface area contributed by atoms with Gasteiger partial charge in [0.25, 0.3) is 0 Å². The molecule has 0 aliphatic carbocycles. The molecule has 55 valence electrons. The van der Waals surface area contributed by atoms with Crippen LogP contribution >= 0.6 is 11.3 Å². The van der Waals surface area contributed by atoms with Crippen LogP contribution in [0.1, 0.15) is 27.7 Å². The predicted octanol–water partition coefficient (Wildman–Crippen LogP) is 1.93. The third-order valence-electron chi connectivity index (χ3n) is 1.40. The highest BCUT2D eigenvalue weighted by molar-refractivity contribution is 7.12. The van der Waals surface area contributed by atoms with E-state index in [0.717, 1.165) is 5.56 Å². The van der Waals surface area contributed by atoms with E-state index in [9.17, 15) is 4.79 Å². The molecular formula is C8H6NOS. The molecule has 0 aliphatic rings. The molecular weight excluding hydrogens is 158 g/mol. The average molecular weight is 164 g/mol. The summed E-state index contributed by atoms with van der Waals surface area (Å²) in [5.41, 5.74) is 1.24. The van der Waals surface area contributed by atoms with Crippen molar-refractivity contribution in [2.75, 3.05) is 0 Å². The summed E-state index contributed by atoms with van der Waals surface area (Å²) in [7, 11) is 0. The van der Waals surface area contributed by atoms with Crippen LogP contribution in [0, 0.1) is 23.6 Å². The fourth-order valence-corrected chi connectivity index (χ4v) is 1.61. The Morgan fingerprint density at radius 3 is 2.64 bits per heavy atom. The molecule has 0 saturated heterocycles. The Bertz CT molecular complexity index is 332. The number of hydrogen-bond acceptors (Lipinski definition) is 3. The Kier molecular flexibility index (Phi) is 2.06. The second-order valence-corrected chi connectivity index (χ2v) is 3.02. The summed E-state index contributed by atoms with van der Waals surface area (Å²) >= 11 is 1.21. The van der Waals surface area contributed by atoms with Crippen molar-refractivity contribution in [2.24, 2.45) is 0 Å². The van der Waals surface area contributed by atoms with Gasteiger partial charge in [-0.05, 0) is 19.4 Å². The molecule has 0 fully saturated rings. The molecule has 1 rings (SSSR count). The molecule has 0 aliphatic heterocycles. The average Bonchev–Trinajstić information content (AvgIpc) is 2.30. The number of nitrogens with zero attached hydrogens (tertiary/aromatic N) is 1. The van der Waals surface area contributed by atoms with Gasteiger partial charge in [0.05, 0.1) is 15.8 Å². The van der Waals surface area contributed by atoms with E-state index in [4.69, 9.17) is 5.26 Å². The number of nitriles is 1. The zero-order valence-corrected chi connectivity index (χ0v) is 7.08. The maximum absolute atomic E-state index is 10.9. The Hall–Kier alpha value is -1.14. The molecule has 0 N–H and O–H groups in total. The fraction of sp³-hybridized carbons (Fsp3) is 0.250. The van der Waals surface area contributed by atoms with Crippen LogP contribution in [0.15, 0.2) is 0 Å². The molecule has 2 nitrogen and oxygen atoms in total. The first-order valence-electron chi connectivity index (χ1n) is 3.09. The Morgan fingerprint density at radius 1 is 1.73 bits per heavy atom. The lowest BCUT2D eigenvalue weighted by Gasteiger charge is -1.89. The van der Waals surface area contributed by atoms with Gasteiger partial charge in [0.1, 0.15) is 6.07 Å². The first-order valence-corrected chi connectivity index (χ1v) is 3.90. The predicted molar refractivity (Wildman–Crippen MR) is 42.6 cm³/mol. The molecule has 1 heterocycles. The van der Waals surface area contributed by atoms with E-state index in [1.807, 2.05) is 6.07 Å². The van der Waals surface area contributed by atoms with Crippen LogP contribution in [-0.4, -0.2) is 5.78 Å². The van der Waals surface area contributed by atoms with Crippen LogP contribution in [0.3, 0.4) is 0 Å². The Labute approximate surface area is 69.1 Å². The number of hydrogen-bond donors (Lipinski definition) is 0. The zero-order valence-electron chi connectivity index (χ0n) is 6.26. The standard InChI is InChI=1S/C8H6NOS/c1-5-7(3-9)4-11-8(5)6(2)10/h1-2H3. The Balaban J connectivity index is 3.24. The highest BCUT2D eigenvalue weighted by Gasteiger charge is 2.10. The molecule has 0 atom stereocenters. The van der Waals surface area contributed by atoms with Gasteiger partial charge in [-0.2, -0.15) is 5.26 Å². The summed E-state index contributed by atoms with van der Waals surface area (Å²) in [6, 6.07) is 1.97. The van der Waals surface area contributed by atoms with Crippen molar-refractivity contribution < 1.29 is 4.79 Å². The van der Waals surface area contributed by atoms with Crippen LogP contribution in [0.5, 0.6) is 0 Å². The van der Waals surface area contributed by atoms with Crippen molar-refractivity contribution in [1.29, 1.82) is 5.26 Å². The first kappa shape index (κ1) is 7.96. The molecule has 0 aromatic carbocycles. The number of thiophene rings is 1. The normalized spacial score (nSPS) is 9.18. The minimum atomic E-state index is 0.00486. The van der Waals surface area contributed by atoms with Crippen molar-refractivity contribution >= 4 is 17.1 Å². The van der Waals surface area contributed by atoms with E-state index in [0.29, 0.717) is 10.4 Å². The largest absolute Gasteiger partial charge is 0.294 e. The first-order chi connectivity index (χ1) is 5.16. The van der Waals surface area contributed by atoms with E-state index < -0.39 is 0 Å². The lowest BCUT2D eigenvalue weighted by molar-refractivity contribution is 0.102. The molecule has 1 radical (unpaired) electrons. The molecule has 11 heavy (non-hydrogen) atoms. The third kappa shape index (κ3) is 1.31. The SMILES string of the molecule is CC(=O)c1s[c]c(C#N)c1C. The van der Waals surface area contributed by atoms with Gasteiger partial charge in [0.15, 0.2) is 5.78 Å². The molecule has 0 amide bonds. The summed E-state index contributed by atoms with van der Waals surface area (Å²) in [6.45, 7) is 3.26. The van der Waals surface area contributed by atoms with Gasteiger partial charge in [0, 0.05) is 0 Å². The minimum absolute atomic E-state index is 0.00486. The van der Waals surface area contributed by atoms with Crippen LogP contribution in [-0.2, 0) is 0 Å². The summed E-state index contributed by atoms with van der Waals surface area (Å²) in [4.78, 5) is 11.5. The second-order valence-electron chi connectivity index (χ2n) is 2.20. The number of Topliss-reactive ketones (excluding diaryl/α,β-unsaturated/α-hetero) is 1. The van der Waals surface area contributed by atoms with Crippen molar-refractivity contribution in [3.63, 3.8) is 0 Å². The van der Waals surface area contributed by atoms with Gasteiger partial charge < -0.3 is 0 Å². The molecule has 0 spiro atoms. The molecule has 0 bridgehead atoms. The number of carbonyl (C=O) groups is 1.